The van der Waals surface area contributed by atoms with Crippen LogP contribution >= 0.6 is 0 Å². The molecule has 0 fully saturated rings. The van der Waals surface area contributed by atoms with Gasteiger partial charge in [0.05, 0.1) is 17.1 Å². The summed E-state index contributed by atoms with van der Waals surface area (Å²) in [7, 11) is 0. The van der Waals surface area contributed by atoms with Gasteiger partial charge < -0.3 is 4.42 Å². The van der Waals surface area contributed by atoms with E-state index in [1.807, 2.05) is 276 Å². The Labute approximate surface area is 924 Å². The zero-order chi connectivity index (χ0) is 99.4. The first-order valence-corrected chi connectivity index (χ1v) is 47.6. The molecule has 9 heterocycles. The Balaban J connectivity index is 0.000000136. The summed E-state index contributed by atoms with van der Waals surface area (Å²) in [4.78, 5) is 0. The molecule has 0 bridgehead atoms. The van der Waals surface area contributed by atoms with Crippen molar-refractivity contribution in [1.29, 1.82) is 0 Å². The van der Waals surface area contributed by atoms with Gasteiger partial charge in [-0.2, -0.15) is 211 Å². The summed E-state index contributed by atoms with van der Waals surface area (Å²) >= 11 is 0. The van der Waals surface area contributed by atoms with Crippen LogP contribution < -0.4 is 0 Å². The van der Waals surface area contributed by atoms with E-state index in [0.29, 0.717) is 0 Å². The van der Waals surface area contributed by atoms with Gasteiger partial charge >= 0.3 is 0 Å². The Morgan fingerprint density at radius 1 is 0.195 bits per heavy atom. The predicted molar refractivity (Wildman–Crippen MR) is 582 cm³/mol. The molecule has 16 aromatic carbocycles. The van der Waals surface area contributed by atoms with Gasteiger partial charge in [-0.3, -0.25) is 37.5 Å². The van der Waals surface area contributed by atoms with E-state index < -0.39 is 0 Å². The first-order valence-electron chi connectivity index (χ1n) is 47.6. The third-order valence-corrected chi connectivity index (χ3v) is 23.7. The third-order valence-electron chi connectivity index (χ3n) is 23.7. The van der Waals surface area contributed by atoms with E-state index in [1.54, 1.807) is 40.3 Å². The van der Waals surface area contributed by atoms with E-state index in [0.717, 1.165) is 118 Å². The van der Waals surface area contributed by atoms with Crippen molar-refractivity contribution in [3.8, 4) is 123 Å². The van der Waals surface area contributed by atoms with E-state index >= 15 is 0 Å². The van der Waals surface area contributed by atoms with Crippen molar-refractivity contribution >= 4 is 21.9 Å². The summed E-state index contributed by atoms with van der Waals surface area (Å²) in [5.41, 5.74) is 35.4. The quantitative estimate of drug-likeness (QED) is 0.0912. The van der Waals surface area contributed by atoms with Crippen LogP contribution in [0.15, 0.2) is 479 Å². The SMILES string of the molecule is Cc1cc(-c2ccccc2)cc(C)c1-c1cc[c-]c(-n2cccn2)c1.Cc1cc(C)n(-c2[c-]ccc(-c3ccc(-c4ccccc4)cc3)c2)n1.Cc1cc(C)n(-c2[c-]cccc2)n1.Cc1cc(C)n(-c2[c-]cccc2)n1.[Ir].[Ir].[Ir].[Ir].[c-]1ccc(-c2ccc(-c3ccccc3)cc2)cc1-n1cccn1.[c-]1ccc(-c2ccc3c(c2)oc2ccccc23)cc1-n1cccn1.[c-]1ccccc1-n1cccn1.[c-]1ccccc1-n1cccn1. The minimum atomic E-state index is 0. The number of hydrogen-bond donors (Lipinski definition) is 0. The minimum absolute atomic E-state index is 0. The molecule has 0 saturated heterocycles. The average Bonchev–Trinajstić information content (AvgIpc) is 1.61. The van der Waals surface area contributed by atoms with Gasteiger partial charge in [0.2, 0.25) is 0 Å². The Hall–Kier alpha value is -16.4. The van der Waals surface area contributed by atoms with Gasteiger partial charge in [-0.05, 0) is 234 Å². The second kappa shape index (κ2) is 53.6. The molecule has 17 nitrogen and oxygen atoms in total. The van der Waals surface area contributed by atoms with E-state index in [2.05, 4.69) is 341 Å². The van der Waals surface area contributed by atoms with Crippen LogP contribution in [-0.2, 0) is 80.4 Å². The zero-order valence-electron chi connectivity index (χ0n) is 82.9. The van der Waals surface area contributed by atoms with Crippen molar-refractivity contribution in [3.63, 3.8) is 0 Å². The summed E-state index contributed by atoms with van der Waals surface area (Å²) in [6.07, 6.45) is 18.4. The normalized spacial score (nSPS) is 10.3. The van der Waals surface area contributed by atoms with Crippen LogP contribution in [0.4, 0.5) is 0 Å². The molecule has 149 heavy (non-hydrogen) atoms. The molecule has 0 aliphatic rings. The van der Waals surface area contributed by atoms with Gasteiger partial charge in [0.1, 0.15) is 11.2 Å². The molecule has 0 amide bonds. The molecular weight excluding hydrogens is 2550 g/mol. The second-order valence-electron chi connectivity index (χ2n) is 34.2. The molecule has 0 aliphatic heterocycles. The number of furan rings is 1. The van der Waals surface area contributed by atoms with Crippen molar-refractivity contribution in [2.24, 2.45) is 0 Å². The number of aryl methyl sites for hydroxylation is 8. The van der Waals surface area contributed by atoms with Crippen molar-refractivity contribution in [2.75, 3.05) is 0 Å². The van der Waals surface area contributed by atoms with Crippen LogP contribution in [-0.4, -0.2) is 78.2 Å². The maximum Gasteiger partial charge on any atom is 0.135 e. The molecule has 0 N–H and O–H groups in total. The van der Waals surface area contributed by atoms with Gasteiger partial charge in [0, 0.05) is 170 Å². The Morgan fingerprint density at radius 2 is 0.463 bits per heavy atom. The monoisotopic (exact) mass is 2650 g/mol. The largest absolute Gasteiger partial charge is 0.456 e. The maximum absolute atomic E-state index is 5.99. The summed E-state index contributed by atoms with van der Waals surface area (Å²) < 4.78 is 20.8. The van der Waals surface area contributed by atoms with Crippen LogP contribution in [0, 0.1) is 104 Å². The zero-order valence-corrected chi connectivity index (χ0v) is 92.5. The Bertz CT molecular complexity index is 8160. The van der Waals surface area contributed by atoms with Crippen LogP contribution in [0.1, 0.15) is 45.3 Å². The minimum Gasteiger partial charge on any atom is -0.456 e. The van der Waals surface area contributed by atoms with Crippen LogP contribution in [0.3, 0.4) is 0 Å². The average molecular weight is 2650 g/mol. The molecular formula is C128H102Ir4N16O-8. The number of rotatable bonds is 15. The molecule has 9 aromatic heterocycles. The third kappa shape index (κ3) is 28.5. The van der Waals surface area contributed by atoms with Gasteiger partial charge in [0.25, 0.3) is 0 Å². The van der Waals surface area contributed by atoms with E-state index in [-0.39, 0.29) is 80.4 Å². The second-order valence-corrected chi connectivity index (χ2v) is 34.2. The smallest absolute Gasteiger partial charge is 0.135 e. The standard InChI is InChI=1S/2C23H19N2.C21H13N2O.C21H15N2.2C11H11N2.2C9H7N2.4Ir/c1-17-14-21(19-8-4-3-5-9-19)15-18(2)23(17)20-10-6-11-22(16-20)25-13-7-12-24-25;1-17-15-18(2)25(24-17)23-10-6-9-22(16-23)21-13-11-20(12-14-21)19-7-4-3-5-8-19;1-2-8-20-18(7-1)19-10-9-16(14-21(19)24-20)15-5-3-6-17(13-15)23-12-4-11-22-23;1-2-6-17(7-3-1)18-10-12-19(13-11-18)20-8-4-9-21(16-20)23-15-5-14-22-23;2*1-9-8-10(2)13(12-9)11-6-4-3-5-7-11;2*1-2-5-9(6-3-1)11-8-4-7-10-11;;;;/h3-10,12-16H,1-2H3;3-9,11-16H,1-2H3;1-5,7-14H;1-8,10-16H;2*3-6,8H,1-2H3;2*1-5,7-8H;;;;/q8*-1;;;;. The van der Waals surface area contributed by atoms with Crippen molar-refractivity contribution < 1.29 is 84.8 Å². The van der Waals surface area contributed by atoms with Gasteiger partial charge in [-0.25, -0.2) is 0 Å². The first kappa shape index (κ1) is 108. The number of para-hydroxylation sites is 5. The maximum atomic E-state index is 5.99. The number of benzene rings is 16. The molecule has 0 aliphatic carbocycles. The van der Waals surface area contributed by atoms with Gasteiger partial charge in [-0.1, -0.05) is 176 Å². The summed E-state index contributed by atoms with van der Waals surface area (Å²) in [5.74, 6) is 0. The van der Waals surface area contributed by atoms with E-state index in [4.69, 9.17) is 4.42 Å². The fourth-order valence-corrected chi connectivity index (χ4v) is 16.9. The molecule has 21 heteroatoms. The summed E-state index contributed by atoms with van der Waals surface area (Å²) in [6, 6.07) is 165. The number of nitrogens with zero attached hydrogens (tertiary/aromatic N) is 16. The molecule has 744 valence electrons. The van der Waals surface area contributed by atoms with Crippen LogP contribution in [0.5, 0.6) is 0 Å². The number of aromatic nitrogens is 16. The van der Waals surface area contributed by atoms with Crippen molar-refractivity contribution in [1.82, 2.24) is 78.2 Å². The van der Waals surface area contributed by atoms with Gasteiger partial charge in [-0.15, -0.1) is 70.8 Å². The van der Waals surface area contributed by atoms with Crippen LogP contribution in [0.25, 0.3) is 145 Å². The van der Waals surface area contributed by atoms with Crippen molar-refractivity contribution in [3.05, 3.63) is 568 Å². The van der Waals surface area contributed by atoms with Gasteiger partial charge in [0.15, 0.2) is 0 Å². The number of hydrogen-bond acceptors (Lipinski definition) is 9. The summed E-state index contributed by atoms with van der Waals surface area (Å²) in [6.45, 7) is 16.5. The van der Waals surface area contributed by atoms with Crippen molar-refractivity contribution in [2.45, 2.75) is 55.4 Å². The molecule has 25 rings (SSSR count). The molecule has 0 unspecified atom stereocenters. The summed E-state index contributed by atoms with van der Waals surface area (Å²) in [5, 5.41) is 36.6. The fourth-order valence-electron chi connectivity index (χ4n) is 16.9. The van der Waals surface area contributed by atoms with E-state index in [9.17, 15) is 0 Å². The number of fused-ring (bicyclic) bond motifs is 3. The topological polar surface area (TPSA) is 156 Å². The molecule has 0 spiro atoms. The predicted octanol–water partition coefficient (Wildman–Crippen LogP) is 29.4. The Kier molecular flexibility index (Phi) is 39.0. The molecule has 4 radical (unpaired) electrons. The molecule has 0 atom stereocenters. The molecule has 0 saturated carbocycles. The van der Waals surface area contributed by atoms with E-state index in [1.165, 1.54) is 72.3 Å². The fraction of sp³-hybridized carbons (Fsp3) is 0.0625. The molecule has 25 aromatic rings. The Morgan fingerprint density at radius 3 is 0.812 bits per heavy atom. The first-order chi connectivity index (χ1) is 71.2. The van der Waals surface area contributed by atoms with Crippen LogP contribution in [0.2, 0.25) is 0 Å².